The Hall–Kier alpha value is -3.21. The summed E-state index contributed by atoms with van der Waals surface area (Å²) in [4.78, 5) is 12.6. The Bertz CT molecular complexity index is 954. The maximum Gasteiger partial charge on any atom is 0.255 e. The average molecular weight is 362 g/mol. The molecule has 0 bridgehead atoms. The number of aryl methyl sites for hydroxylation is 2. The van der Waals surface area contributed by atoms with Crippen molar-refractivity contribution in [3.05, 3.63) is 71.5 Å². The summed E-state index contributed by atoms with van der Waals surface area (Å²) in [6, 6.07) is 17.2. The lowest BCUT2D eigenvalue weighted by molar-refractivity contribution is 0.102. The Morgan fingerprint density at radius 1 is 0.889 bits per heavy atom. The van der Waals surface area contributed by atoms with Gasteiger partial charge in [-0.1, -0.05) is 0 Å². The highest BCUT2D eigenvalue weighted by molar-refractivity contribution is 6.04. The third-order valence-electron chi connectivity index (χ3n) is 4.66. The molecule has 0 saturated carbocycles. The lowest BCUT2D eigenvalue weighted by Crippen LogP contribution is -2.12. The van der Waals surface area contributed by atoms with Crippen LogP contribution in [0.25, 0.3) is 5.69 Å². The van der Waals surface area contributed by atoms with Crippen molar-refractivity contribution in [3.63, 3.8) is 0 Å². The van der Waals surface area contributed by atoms with Crippen molar-refractivity contribution in [1.82, 2.24) is 4.57 Å². The standard InChI is InChI=1S/C22H22N2O3/c1-15-4-5-16(2)24(15)19-9-6-17(7-10-19)22(25)23-18-8-11-20-21(14-18)27-13-3-12-26-20/h4-11,14H,3,12-13H2,1-2H3,(H,23,25). The second-order valence-corrected chi connectivity index (χ2v) is 6.66. The van der Waals surface area contributed by atoms with Crippen molar-refractivity contribution in [2.45, 2.75) is 20.3 Å². The van der Waals surface area contributed by atoms with Crippen molar-refractivity contribution in [1.29, 1.82) is 0 Å². The minimum absolute atomic E-state index is 0.156. The number of amides is 1. The zero-order chi connectivity index (χ0) is 18.8. The van der Waals surface area contributed by atoms with Crippen LogP contribution in [0.5, 0.6) is 11.5 Å². The molecule has 1 amide bonds. The van der Waals surface area contributed by atoms with Crippen molar-refractivity contribution >= 4 is 11.6 Å². The summed E-state index contributed by atoms with van der Waals surface area (Å²) in [5.41, 5.74) is 4.66. The Labute approximate surface area is 158 Å². The Balaban J connectivity index is 1.51. The summed E-state index contributed by atoms with van der Waals surface area (Å²) in [5, 5.41) is 2.92. The molecule has 1 N–H and O–H groups in total. The third-order valence-corrected chi connectivity index (χ3v) is 4.66. The van der Waals surface area contributed by atoms with Gasteiger partial charge >= 0.3 is 0 Å². The topological polar surface area (TPSA) is 52.5 Å². The van der Waals surface area contributed by atoms with Crippen LogP contribution in [0, 0.1) is 13.8 Å². The number of nitrogens with one attached hydrogen (secondary N) is 1. The van der Waals surface area contributed by atoms with Crippen molar-refractivity contribution in [3.8, 4) is 17.2 Å². The van der Waals surface area contributed by atoms with Gasteiger partial charge in [0.05, 0.1) is 13.2 Å². The molecule has 0 radical (unpaired) electrons. The van der Waals surface area contributed by atoms with Gasteiger partial charge in [0, 0.05) is 40.8 Å². The number of hydrogen-bond donors (Lipinski definition) is 1. The molecule has 1 aliphatic heterocycles. The van der Waals surface area contributed by atoms with Crippen LogP contribution in [0.3, 0.4) is 0 Å². The number of rotatable bonds is 3. The summed E-state index contributed by atoms with van der Waals surface area (Å²) >= 11 is 0. The first-order valence-corrected chi connectivity index (χ1v) is 9.08. The summed E-state index contributed by atoms with van der Waals surface area (Å²) in [6.07, 6.45) is 0.850. The van der Waals surface area contributed by atoms with Crippen LogP contribution in [-0.2, 0) is 0 Å². The number of fused-ring (bicyclic) bond motifs is 1. The van der Waals surface area contributed by atoms with Crippen LogP contribution in [0.2, 0.25) is 0 Å². The minimum atomic E-state index is -0.156. The first-order valence-electron chi connectivity index (χ1n) is 9.08. The van der Waals surface area contributed by atoms with Crippen LogP contribution in [0.4, 0.5) is 5.69 Å². The minimum Gasteiger partial charge on any atom is -0.490 e. The van der Waals surface area contributed by atoms with Crippen LogP contribution >= 0.6 is 0 Å². The van der Waals surface area contributed by atoms with Crippen LogP contribution in [-0.4, -0.2) is 23.7 Å². The molecule has 0 spiro atoms. The zero-order valence-electron chi connectivity index (χ0n) is 15.5. The van der Waals surface area contributed by atoms with Gasteiger partial charge in [-0.25, -0.2) is 0 Å². The first-order chi connectivity index (χ1) is 13.1. The molecule has 2 heterocycles. The van der Waals surface area contributed by atoms with Gasteiger partial charge in [0.2, 0.25) is 0 Å². The Kier molecular flexibility index (Phi) is 4.59. The number of hydrogen-bond acceptors (Lipinski definition) is 3. The van der Waals surface area contributed by atoms with Gasteiger partial charge in [-0.15, -0.1) is 0 Å². The van der Waals surface area contributed by atoms with E-state index in [1.165, 1.54) is 0 Å². The van der Waals surface area contributed by atoms with Crippen LogP contribution < -0.4 is 14.8 Å². The molecular formula is C22H22N2O3. The van der Waals surface area contributed by atoms with E-state index in [1.807, 2.05) is 36.4 Å². The number of aromatic nitrogens is 1. The largest absolute Gasteiger partial charge is 0.490 e. The molecule has 0 atom stereocenters. The van der Waals surface area contributed by atoms with Crippen molar-refractivity contribution < 1.29 is 14.3 Å². The summed E-state index contributed by atoms with van der Waals surface area (Å²) in [5.74, 6) is 1.23. The van der Waals surface area contributed by atoms with Gasteiger partial charge < -0.3 is 19.4 Å². The molecule has 138 valence electrons. The molecule has 1 aromatic heterocycles. The maximum atomic E-state index is 12.6. The zero-order valence-corrected chi connectivity index (χ0v) is 15.5. The summed E-state index contributed by atoms with van der Waals surface area (Å²) in [6.45, 7) is 5.39. The van der Waals surface area contributed by atoms with Crippen molar-refractivity contribution in [2.75, 3.05) is 18.5 Å². The molecule has 3 aromatic rings. The average Bonchev–Trinajstić information content (AvgIpc) is 2.87. The lowest BCUT2D eigenvalue weighted by atomic mass is 10.1. The molecule has 2 aromatic carbocycles. The van der Waals surface area contributed by atoms with E-state index in [1.54, 1.807) is 6.07 Å². The van der Waals surface area contributed by atoms with E-state index in [2.05, 4.69) is 35.9 Å². The quantitative estimate of drug-likeness (QED) is 0.746. The van der Waals surface area contributed by atoms with Gasteiger partial charge in [-0.2, -0.15) is 0 Å². The Morgan fingerprint density at radius 3 is 2.26 bits per heavy atom. The fourth-order valence-corrected chi connectivity index (χ4v) is 3.28. The van der Waals surface area contributed by atoms with E-state index in [0.717, 1.165) is 23.5 Å². The first kappa shape index (κ1) is 17.2. The van der Waals surface area contributed by atoms with E-state index < -0.39 is 0 Å². The smallest absolute Gasteiger partial charge is 0.255 e. The number of nitrogens with zero attached hydrogens (tertiary/aromatic N) is 1. The molecule has 4 rings (SSSR count). The van der Waals surface area contributed by atoms with Crippen molar-refractivity contribution in [2.24, 2.45) is 0 Å². The second kappa shape index (κ2) is 7.19. The lowest BCUT2D eigenvalue weighted by Gasteiger charge is -2.12. The summed E-state index contributed by atoms with van der Waals surface area (Å²) in [7, 11) is 0. The number of carbonyl (C=O) groups is 1. The maximum absolute atomic E-state index is 12.6. The number of ether oxygens (including phenoxy) is 2. The normalized spacial score (nSPS) is 13.1. The van der Waals surface area contributed by atoms with E-state index >= 15 is 0 Å². The van der Waals surface area contributed by atoms with Gasteiger partial charge in [-0.3, -0.25) is 4.79 Å². The second-order valence-electron chi connectivity index (χ2n) is 6.66. The highest BCUT2D eigenvalue weighted by atomic mass is 16.5. The summed E-state index contributed by atoms with van der Waals surface area (Å²) < 4.78 is 13.5. The molecule has 1 aliphatic rings. The van der Waals surface area contributed by atoms with Crippen LogP contribution in [0.15, 0.2) is 54.6 Å². The molecule has 0 fully saturated rings. The monoisotopic (exact) mass is 362 g/mol. The predicted molar refractivity (Wildman–Crippen MR) is 105 cm³/mol. The molecule has 5 nitrogen and oxygen atoms in total. The van der Waals surface area contributed by atoms with Crippen LogP contribution in [0.1, 0.15) is 28.2 Å². The molecule has 0 saturated heterocycles. The third kappa shape index (κ3) is 3.53. The SMILES string of the molecule is Cc1ccc(C)n1-c1ccc(C(=O)Nc2ccc3c(c2)OCCCO3)cc1. The van der Waals surface area contributed by atoms with Gasteiger partial charge in [0.25, 0.3) is 5.91 Å². The molecule has 0 unspecified atom stereocenters. The molecule has 0 aliphatic carbocycles. The highest BCUT2D eigenvalue weighted by Crippen LogP contribution is 2.32. The predicted octanol–water partition coefficient (Wildman–Crippen LogP) is 4.51. The number of benzene rings is 2. The fourth-order valence-electron chi connectivity index (χ4n) is 3.28. The van der Waals surface area contributed by atoms with E-state index in [9.17, 15) is 4.79 Å². The van der Waals surface area contributed by atoms with Gasteiger partial charge in [0.1, 0.15) is 0 Å². The number of anilines is 1. The highest BCUT2D eigenvalue weighted by Gasteiger charge is 2.13. The molecule has 5 heteroatoms. The van der Waals surface area contributed by atoms with Gasteiger partial charge in [0.15, 0.2) is 11.5 Å². The van der Waals surface area contributed by atoms with Gasteiger partial charge in [-0.05, 0) is 62.4 Å². The van der Waals surface area contributed by atoms with E-state index in [4.69, 9.17) is 9.47 Å². The van der Waals surface area contributed by atoms with E-state index in [0.29, 0.717) is 36.0 Å². The molecular weight excluding hydrogens is 340 g/mol. The number of carbonyl (C=O) groups excluding carboxylic acids is 1. The molecule has 27 heavy (non-hydrogen) atoms. The van der Waals surface area contributed by atoms with E-state index in [-0.39, 0.29) is 5.91 Å². The Morgan fingerprint density at radius 2 is 1.56 bits per heavy atom. The fraction of sp³-hybridized carbons (Fsp3) is 0.227.